The van der Waals surface area contributed by atoms with Crippen LogP contribution in [0.3, 0.4) is 0 Å². The molecular formula is C14H25BrO. The Bertz CT molecular complexity index is 237. The van der Waals surface area contributed by atoms with Crippen LogP contribution in [0.25, 0.3) is 0 Å². The molecule has 16 heavy (non-hydrogen) atoms. The van der Waals surface area contributed by atoms with Crippen molar-refractivity contribution in [1.82, 2.24) is 0 Å². The highest BCUT2D eigenvalue weighted by Gasteiger charge is 2.26. The second kappa shape index (κ2) is 6.20. The average molecular weight is 289 g/mol. The first-order chi connectivity index (χ1) is 7.42. The van der Waals surface area contributed by atoms with Crippen molar-refractivity contribution >= 4 is 15.9 Å². The summed E-state index contributed by atoms with van der Waals surface area (Å²) in [6.07, 6.45) is 9.70. The lowest BCUT2D eigenvalue weighted by atomic mass is 9.86. The Morgan fingerprint density at radius 3 is 2.44 bits per heavy atom. The number of hydrogen-bond acceptors (Lipinski definition) is 1. The van der Waals surface area contributed by atoms with E-state index in [0.29, 0.717) is 11.8 Å². The third-order valence-corrected chi connectivity index (χ3v) is 4.47. The first-order valence-electron chi connectivity index (χ1n) is 6.52. The fourth-order valence-electron chi connectivity index (χ4n) is 2.58. The summed E-state index contributed by atoms with van der Waals surface area (Å²) in [7, 11) is 0. The van der Waals surface area contributed by atoms with Crippen molar-refractivity contribution < 1.29 is 5.11 Å². The van der Waals surface area contributed by atoms with Crippen LogP contribution < -0.4 is 0 Å². The normalized spacial score (nSPS) is 23.5. The smallest absolute Gasteiger partial charge is 0.0932 e. The van der Waals surface area contributed by atoms with Crippen molar-refractivity contribution in [2.45, 2.75) is 64.9 Å². The SMILES string of the molecule is CC(C)C[C@@](C)(O)/C(Br)=C/C1CCCCC1. The van der Waals surface area contributed by atoms with E-state index in [1.54, 1.807) is 0 Å². The van der Waals surface area contributed by atoms with Gasteiger partial charge in [-0.05, 0) is 38.0 Å². The van der Waals surface area contributed by atoms with E-state index in [-0.39, 0.29) is 0 Å². The van der Waals surface area contributed by atoms with Crippen LogP contribution >= 0.6 is 15.9 Å². The molecule has 0 bridgehead atoms. The molecule has 0 radical (unpaired) electrons. The Labute approximate surface area is 108 Å². The van der Waals surface area contributed by atoms with Crippen molar-refractivity contribution in [3.63, 3.8) is 0 Å². The van der Waals surface area contributed by atoms with E-state index in [9.17, 15) is 5.11 Å². The summed E-state index contributed by atoms with van der Waals surface area (Å²) in [5.41, 5.74) is -0.689. The van der Waals surface area contributed by atoms with Crippen LogP contribution in [0, 0.1) is 11.8 Å². The zero-order valence-corrected chi connectivity index (χ0v) is 12.4. The molecule has 1 aliphatic rings. The highest BCUT2D eigenvalue weighted by atomic mass is 79.9. The number of aliphatic hydroxyl groups is 1. The van der Waals surface area contributed by atoms with Gasteiger partial charge in [0.05, 0.1) is 5.60 Å². The number of rotatable bonds is 4. The molecule has 1 aliphatic carbocycles. The van der Waals surface area contributed by atoms with Crippen LogP contribution in [0.4, 0.5) is 0 Å². The molecule has 1 atom stereocenters. The third-order valence-electron chi connectivity index (χ3n) is 3.35. The maximum absolute atomic E-state index is 10.4. The summed E-state index contributed by atoms with van der Waals surface area (Å²) in [5, 5.41) is 10.4. The zero-order valence-electron chi connectivity index (χ0n) is 10.8. The van der Waals surface area contributed by atoms with E-state index in [2.05, 4.69) is 35.9 Å². The molecule has 94 valence electrons. The molecule has 0 amide bonds. The van der Waals surface area contributed by atoms with E-state index < -0.39 is 5.60 Å². The summed E-state index contributed by atoms with van der Waals surface area (Å²) in [6, 6.07) is 0. The van der Waals surface area contributed by atoms with Gasteiger partial charge in [0.1, 0.15) is 0 Å². The fourth-order valence-corrected chi connectivity index (χ4v) is 3.12. The largest absolute Gasteiger partial charge is 0.385 e. The maximum atomic E-state index is 10.4. The highest BCUT2D eigenvalue weighted by molar-refractivity contribution is 9.11. The van der Waals surface area contributed by atoms with Crippen molar-refractivity contribution in [3.8, 4) is 0 Å². The minimum atomic E-state index is -0.689. The second-order valence-corrected chi connectivity index (χ2v) is 6.64. The number of hydrogen-bond donors (Lipinski definition) is 1. The Morgan fingerprint density at radius 2 is 1.94 bits per heavy atom. The van der Waals surface area contributed by atoms with Gasteiger partial charge in [0.15, 0.2) is 0 Å². The van der Waals surface area contributed by atoms with E-state index >= 15 is 0 Å². The molecule has 1 N–H and O–H groups in total. The monoisotopic (exact) mass is 288 g/mol. The van der Waals surface area contributed by atoms with Gasteiger partial charge in [-0.2, -0.15) is 0 Å². The molecular weight excluding hydrogens is 264 g/mol. The van der Waals surface area contributed by atoms with Crippen LogP contribution in [0.1, 0.15) is 59.3 Å². The van der Waals surface area contributed by atoms with Gasteiger partial charge in [0, 0.05) is 4.48 Å². The summed E-state index contributed by atoms with van der Waals surface area (Å²) in [6.45, 7) is 6.21. The first kappa shape index (κ1) is 14.2. The van der Waals surface area contributed by atoms with E-state index in [0.717, 1.165) is 10.9 Å². The van der Waals surface area contributed by atoms with E-state index in [1.165, 1.54) is 32.1 Å². The van der Waals surface area contributed by atoms with Crippen LogP contribution in [0.15, 0.2) is 10.6 Å². The minimum Gasteiger partial charge on any atom is -0.385 e. The zero-order chi connectivity index (χ0) is 12.2. The quantitative estimate of drug-likeness (QED) is 0.799. The predicted molar refractivity (Wildman–Crippen MR) is 73.7 cm³/mol. The standard InChI is InChI=1S/C14H25BrO/c1-11(2)10-14(3,16)13(15)9-12-7-5-4-6-8-12/h9,11-12,16H,4-8,10H2,1-3H3/b13-9-/t14-/m1/s1. The molecule has 0 spiro atoms. The van der Waals surface area contributed by atoms with Gasteiger partial charge in [-0.15, -0.1) is 0 Å². The molecule has 1 rings (SSSR count). The lowest BCUT2D eigenvalue weighted by Crippen LogP contribution is -2.27. The molecule has 0 aromatic rings. The maximum Gasteiger partial charge on any atom is 0.0932 e. The molecule has 1 saturated carbocycles. The van der Waals surface area contributed by atoms with Gasteiger partial charge in [0.25, 0.3) is 0 Å². The lowest BCUT2D eigenvalue weighted by molar-refractivity contribution is 0.0837. The first-order valence-corrected chi connectivity index (χ1v) is 7.31. The summed E-state index contributed by atoms with van der Waals surface area (Å²) >= 11 is 3.57. The van der Waals surface area contributed by atoms with Gasteiger partial charge in [-0.3, -0.25) is 0 Å². The van der Waals surface area contributed by atoms with Crippen LogP contribution in [-0.4, -0.2) is 10.7 Å². The van der Waals surface area contributed by atoms with Crippen molar-refractivity contribution in [2.75, 3.05) is 0 Å². The van der Waals surface area contributed by atoms with Gasteiger partial charge in [-0.1, -0.05) is 55.1 Å². The molecule has 0 unspecified atom stereocenters. The lowest BCUT2D eigenvalue weighted by Gasteiger charge is -2.27. The van der Waals surface area contributed by atoms with Crippen molar-refractivity contribution in [1.29, 1.82) is 0 Å². The fraction of sp³-hybridized carbons (Fsp3) is 0.857. The number of halogens is 1. The van der Waals surface area contributed by atoms with Gasteiger partial charge in [0.2, 0.25) is 0 Å². The highest BCUT2D eigenvalue weighted by Crippen LogP contribution is 2.33. The predicted octanol–water partition coefficient (Wildman–Crippen LogP) is 4.64. The Balaban J connectivity index is 2.59. The molecule has 0 saturated heterocycles. The average Bonchev–Trinajstić information content (AvgIpc) is 2.17. The van der Waals surface area contributed by atoms with Crippen molar-refractivity contribution in [2.24, 2.45) is 11.8 Å². The van der Waals surface area contributed by atoms with Crippen molar-refractivity contribution in [3.05, 3.63) is 10.6 Å². The molecule has 1 nitrogen and oxygen atoms in total. The summed E-state index contributed by atoms with van der Waals surface area (Å²) < 4.78 is 0.987. The Hall–Kier alpha value is 0.180. The second-order valence-electron chi connectivity index (χ2n) is 5.78. The third kappa shape index (κ3) is 4.58. The topological polar surface area (TPSA) is 20.2 Å². The number of allylic oxidation sites excluding steroid dienone is 1. The Kier molecular flexibility index (Phi) is 5.52. The molecule has 2 heteroatoms. The molecule has 0 aromatic heterocycles. The Morgan fingerprint density at radius 1 is 1.38 bits per heavy atom. The van der Waals surface area contributed by atoms with E-state index in [4.69, 9.17) is 0 Å². The van der Waals surface area contributed by atoms with Gasteiger partial charge < -0.3 is 5.11 Å². The summed E-state index contributed by atoms with van der Waals surface area (Å²) in [5.74, 6) is 1.18. The van der Waals surface area contributed by atoms with Gasteiger partial charge >= 0.3 is 0 Å². The minimum absolute atomic E-state index is 0.516. The molecule has 1 fully saturated rings. The molecule has 0 heterocycles. The summed E-state index contributed by atoms with van der Waals surface area (Å²) in [4.78, 5) is 0. The van der Waals surface area contributed by atoms with Crippen LogP contribution in [0.5, 0.6) is 0 Å². The molecule has 0 aliphatic heterocycles. The van der Waals surface area contributed by atoms with Crippen LogP contribution in [0.2, 0.25) is 0 Å². The van der Waals surface area contributed by atoms with Gasteiger partial charge in [-0.25, -0.2) is 0 Å². The van der Waals surface area contributed by atoms with Crippen LogP contribution in [-0.2, 0) is 0 Å². The van der Waals surface area contributed by atoms with E-state index in [1.807, 2.05) is 6.92 Å². The molecule has 0 aromatic carbocycles.